The molecule has 0 bridgehead atoms. The number of benzene rings is 4. The van der Waals surface area contributed by atoms with Crippen LogP contribution in [-0.4, -0.2) is 53.5 Å². The highest BCUT2D eigenvalue weighted by atomic mass is 35.5. The van der Waals surface area contributed by atoms with E-state index in [0.29, 0.717) is 43.7 Å². The lowest BCUT2D eigenvalue weighted by molar-refractivity contribution is -0.127. The Hall–Kier alpha value is -5.18. The zero-order valence-electron chi connectivity index (χ0n) is 29.9. The lowest BCUT2D eigenvalue weighted by Crippen LogP contribution is -2.47. The minimum atomic E-state index is -0.268. The highest BCUT2D eigenvalue weighted by Crippen LogP contribution is 2.30. The van der Waals surface area contributed by atoms with Crippen molar-refractivity contribution in [1.82, 2.24) is 14.8 Å². The van der Waals surface area contributed by atoms with E-state index in [1.54, 1.807) is 24.4 Å². The topological polar surface area (TPSA) is 64.1 Å². The van der Waals surface area contributed by atoms with Crippen LogP contribution in [0.2, 0.25) is 0 Å². The van der Waals surface area contributed by atoms with Crippen LogP contribution in [0.4, 0.5) is 4.39 Å². The molecule has 270 valence electrons. The summed E-state index contributed by atoms with van der Waals surface area (Å²) in [6.07, 6.45) is 6.00. The van der Waals surface area contributed by atoms with Crippen LogP contribution in [0.5, 0.6) is 23.1 Å². The van der Waals surface area contributed by atoms with Crippen molar-refractivity contribution in [3.63, 3.8) is 0 Å². The van der Waals surface area contributed by atoms with Crippen molar-refractivity contribution in [2.45, 2.75) is 40.3 Å². The summed E-state index contributed by atoms with van der Waals surface area (Å²) < 4.78 is 30.8. The summed E-state index contributed by atoms with van der Waals surface area (Å²) in [7, 11) is 0. The van der Waals surface area contributed by atoms with Gasteiger partial charge in [0.05, 0.1) is 12.8 Å². The smallest absolute Gasteiger partial charge is 0.246 e. The summed E-state index contributed by atoms with van der Waals surface area (Å²) in [6.45, 7) is 10.9. The van der Waals surface area contributed by atoms with E-state index in [0.717, 1.165) is 54.1 Å². The van der Waals surface area contributed by atoms with Gasteiger partial charge in [-0.25, -0.2) is 9.37 Å². The van der Waals surface area contributed by atoms with Crippen LogP contribution in [0.15, 0.2) is 109 Å². The molecule has 1 fully saturated rings. The number of carbonyl (C=O) groups is 1. The van der Waals surface area contributed by atoms with E-state index in [9.17, 15) is 9.18 Å². The second kappa shape index (κ2) is 18.4. The van der Waals surface area contributed by atoms with Gasteiger partial charge in [0.15, 0.2) is 0 Å². The minimum Gasteiger partial charge on any atom is -0.493 e. The zero-order chi connectivity index (χ0) is 35.6. The molecule has 0 aliphatic carbocycles. The maximum Gasteiger partial charge on any atom is 0.246 e. The number of rotatable bonds is 13. The Kier molecular flexibility index (Phi) is 13.4. The summed E-state index contributed by atoms with van der Waals surface area (Å²) in [5.74, 6) is 2.34. The first-order chi connectivity index (χ1) is 24.8. The molecule has 5 aromatic rings. The van der Waals surface area contributed by atoms with E-state index in [1.807, 2.05) is 49.1 Å². The predicted molar refractivity (Wildman–Crippen MR) is 206 cm³/mol. The third-order valence-electron chi connectivity index (χ3n) is 8.93. The fourth-order valence-corrected chi connectivity index (χ4v) is 6.00. The molecular weight excluding hydrogens is 677 g/mol. The monoisotopic (exact) mass is 721 g/mol. The number of hydrogen-bond donors (Lipinski definition) is 0. The van der Waals surface area contributed by atoms with Crippen molar-refractivity contribution < 1.29 is 23.4 Å². The number of hydrogen-bond acceptors (Lipinski definition) is 6. The van der Waals surface area contributed by atoms with Crippen molar-refractivity contribution in [3.05, 3.63) is 154 Å². The van der Waals surface area contributed by atoms with Gasteiger partial charge in [0.25, 0.3) is 0 Å². The number of carbonyl (C=O) groups excluding carboxylic acids is 1. The van der Waals surface area contributed by atoms with Crippen LogP contribution in [0.25, 0.3) is 6.08 Å². The van der Waals surface area contributed by atoms with Crippen LogP contribution in [0.3, 0.4) is 0 Å². The Labute approximate surface area is 312 Å². The van der Waals surface area contributed by atoms with Gasteiger partial charge in [-0.2, -0.15) is 0 Å². The summed E-state index contributed by atoms with van der Waals surface area (Å²) >= 11 is 0. The van der Waals surface area contributed by atoms with Gasteiger partial charge >= 0.3 is 0 Å². The Morgan fingerprint density at radius 3 is 2.06 bits per heavy atom. The van der Waals surface area contributed by atoms with E-state index in [-0.39, 0.29) is 24.1 Å². The standard InChI is InChI=1S/C43H44FN3O4.ClH/c1-31-4-6-36(7-5-31)30-50-40-17-18-41(45-28-40)51-43-32(2)26-37(27-33(43)3)12-19-42(48)47-23-21-46(22-24-47)29-35-10-8-34(9-11-35)20-25-49-39-15-13-38(44)14-16-39;/h4-19,26-28H,20-25,29-30H2,1-3H3;1H/b19-12+;. The molecule has 9 heteroatoms. The largest absolute Gasteiger partial charge is 0.493 e. The molecule has 1 amide bonds. The lowest BCUT2D eigenvalue weighted by Gasteiger charge is -2.34. The van der Waals surface area contributed by atoms with Gasteiger partial charge in [-0.1, -0.05) is 54.1 Å². The van der Waals surface area contributed by atoms with Gasteiger partial charge in [-0.15, -0.1) is 12.4 Å². The maximum absolute atomic E-state index is 13.1. The summed E-state index contributed by atoms with van der Waals surface area (Å²) in [5, 5.41) is 0. The fraction of sp³-hybridized carbons (Fsp3) is 0.256. The minimum absolute atomic E-state index is 0. The van der Waals surface area contributed by atoms with E-state index >= 15 is 0 Å². The molecule has 4 aromatic carbocycles. The fourth-order valence-electron chi connectivity index (χ4n) is 6.00. The Morgan fingerprint density at radius 2 is 1.40 bits per heavy atom. The molecule has 7 nitrogen and oxygen atoms in total. The quantitative estimate of drug-likeness (QED) is 0.113. The molecule has 1 aliphatic rings. The molecular formula is C43H45ClFN3O4. The van der Waals surface area contributed by atoms with Crippen LogP contribution in [0, 0.1) is 26.6 Å². The second-order valence-corrected chi connectivity index (χ2v) is 13.0. The number of amides is 1. The van der Waals surface area contributed by atoms with Crippen molar-refractivity contribution >= 4 is 24.4 Å². The van der Waals surface area contributed by atoms with Gasteiger partial charge in [0, 0.05) is 51.3 Å². The molecule has 0 saturated carbocycles. The van der Waals surface area contributed by atoms with E-state index in [2.05, 4.69) is 65.3 Å². The van der Waals surface area contributed by atoms with Gasteiger partial charge in [-0.3, -0.25) is 9.69 Å². The van der Waals surface area contributed by atoms with Gasteiger partial charge in [0.1, 0.15) is 29.7 Å². The third-order valence-corrected chi connectivity index (χ3v) is 8.93. The number of nitrogens with zero attached hydrogens (tertiary/aromatic N) is 3. The van der Waals surface area contributed by atoms with Crippen molar-refractivity contribution in [2.75, 3.05) is 32.8 Å². The molecule has 0 unspecified atom stereocenters. The molecule has 1 aliphatic heterocycles. The highest BCUT2D eigenvalue weighted by Gasteiger charge is 2.20. The number of halogens is 2. The molecule has 0 N–H and O–H groups in total. The van der Waals surface area contributed by atoms with E-state index < -0.39 is 0 Å². The van der Waals surface area contributed by atoms with Crippen LogP contribution < -0.4 is 14.2 Å². The van der Waals surface area contributed by atoms with Crippen molar-refractivity contribution in [3.8, 4) is 23.1 Å². The average Bonchev–Trinajstić information content (AvgIpc) is 3.14. The SMILES string of the molecule is Cc1ccc(COc2ccc(Oc3c(C)cc(/C=C/C(=O)N4CCN(Cc5ccc(CCOc6ccc(F)cc6)cc5)CC4)cc3C)nc2)cc1.Cl. The summed E-state index contributed by atoms with van der Waals surface area (Å²) in [4.78, 5) is 21.8. The van der Waals surface area contributed by atoms with Crippen molar-refractivity contribution in [1.29, 1.82) is 0 Å². The molecule has 1 saturated heterocycles. The molecule has 0 spiro atoms. The van der Waals surface area contributed by atoms with Gasteiger partial charge in [0.2, 0.25) is 11.8 Å². The summed E-state index contributed by atoms with van der Waals surface area (Å²) in [6, 6.07) is 30.6. The van der Waals surface area contributed by atoms with Crippen LogP contribution in [0.1, 0.15) is 38.9 Å². The number of pyridine rings is 1. The predicted octanol–water partition coefficient (Wildman–Crippen LogP) is 8.92. The average molecular weight is 722 g/mol. The van der Waals surface area contributed by atoms with E-state index in [4.69, 9.17) is 14.2 Å². The molecule has 1 aromatic heterocycles. The normalized spacial score (nSPS) is 13.1. The number of ether oxygens (including phenoxy) is 3. The number of aromatic nitrogens is 1. The van der Waals surface area contributed by atoms with Gasteiger partial charge < -0.3 is 19.1 Å². The molecule has 2 heterocycles. The molecule has 0 atom stereocenters. The maximum atomic E-state index is 13.1. The Bertz CT molecular complexity index is 1900. The first kappa shape index (κ1) is 38.1. The Balaban J connectivity index is 0.00000523. The van der Waals surface area contributed by atoms with Crippen molar-refractivity contribution in [2.24, 2.45) is 0 Å². The molecule has 52 heavy (non-hydrogen) atoms. The van der Waals surface area contributed by atoms with Crippen LogP contribution >= 0.6 is 12.4 Å². The van der Waals surface area contributed by atoms with Gasteiger partial charge in [-0.05, 0) is 103 Å². The third kappa shape index (κ3) is 10.9. The number of aryl methyl sites for hydroxylation is 3. The first-order valence-electron chi connectivity index (χ1n) is 17.4. The van der Waals surface area contributed by atoms with E-state index in [1.165, 1.54) is 28.8 Å². The zero-order valence-corrected chi connectivity index (χ0v) is 30.7. The Morgan fingerprint density at radius 1 is 0.769 bits per heavy atom. The second-order valence-electron chi connectivity index (χ2n) is 13.0. The molecule has 6 rings (SSSR count). The van der Waals surface area contributed by atoms with Crippen LogP contribution in [-0.2, 0) is 24.4 Å². The highest BCUT2D eigenvalue weighted by molar-refractivity contribution is 5.92. The number of piperazine rings is 1. The first-order valence-corrected chi connectivity index (χ1v) is 17.4. The summed E-state index contributed by atoms with van der Waals surface area (Å²) in [5.41, 5.74) is 7.63. The molecule has 0 radical (unpaired) electrons. The lowest BCUT2D eigenvalue weighted by atomic mass is 10.1.